The number of hydrogen-bond donors (Lipinski definition) is 2. The van der Waals surface area contributed by atoms with Crippen LogP contribution in [0.2, 0.25) is 0 Å². The van der Waals surface area contributed by atoms with E-state index in [0.29, 0.717) is 25.2 Å². The highest BCUT2D eigenvalue weighted by molar-refractivity contribution is 7.89. The number of piperidine rings is 1. The van der Waals surface area contributed by atoms with Crippen LogP contribution in [-0.2, 0) is 14.8 Å². The van der Waals surface area contributed by atoms with E-state index in [1.807, 2.05) is 6.92 Å². The van der Waals surface area contributed by atoms with E-state index in [1.54, 1.807) is 24.3 Å². The second-order valence-electron chi connectivity index (χ2n) is 10.3. The minimum absolute atomic E-state index is 0.0630. The monoisotopic (exact) mass is 433 g/mol. The highest BCUT2D eigenvalue weighted by atomic mass is 32.2. The van der Waals surface area contributed by atoms with Crippen molar-refractivity contribution < 1.29 is 23.4 Å². The zero-order valence-electron chi connectivity index (χ0n) is 17.6. The maximum atomic E-state index is 13.2. The van der Waals surface area contributed by atoms with E-state index in [0.717, 1.165) is 12.0 Å². The Morgan fingerprint density at radius 3 is 2.53 bits per heavy atom. The molecule has 5 rings (SSSR count). The van der Waals surface area contributed by atoms with Crippen molar-refractivity contribution in [2.24, 2.45) is 29.1 Å². The molecule has 6 nitrogen and oxygen atoms in total. The number of carbonyl (C=O) groups is 1. The molecule has 4 fully saturated rings. The Balaban J connectivity index is 1.47. The van der Waals surface area contributed by atoms with Gasteiger partial charge < -0.3 is 10.2 Å². The first-order chi connectivity index (χ1) is 14.1. The van der Waals surface area contributed by atoms with Crippen LogP contribution < -0.4 is 0 Å². The van der Waals surface area contributed by atoms with Crippen LogP contribution in [-0.4, -0.2) is 53.5 Å². The van der Waals surface area contributed by atoms with E-state index >= 15 is 0 Å². The van der Waals surface area contributed by atoms with Crippen molar-refractivity contribution in [2.45, 2.75) is 62.6 Å². The largest absolute Gasteiger partial charge is 0.393 e. The smallest absolute Gasteiger partial charge is 0.243 e. The molecule has 7 atom stereocenters. The lowest BCUT2D eigenvalue weighted by molar-refractivity contribution is -0.143. The molecule has 3 aliphatic carbocycles. The molecular weight excluding hydrogens is 402 g/mol. The Hall–Kier alpha value is -1.28. The predicted octanol–water partition coefficient (Wildman–Crippen LogP) is 2.12. The molecule has 0 unspecified atom stereocenters. The molecule has 1 spiro atoms. The highest BCUT2D eigenvalue weighted by Gasteiger charge is 2.73. The summed E-state index contributed by atoms with van der Waals surface area (Å²) < 4.78 is 27.9. The van der Waals surface area contributed by atoms with Crippen LogP contribution in [0.3, 0.4) is 0 Å². The summed E-state index contributed by atoms with van der Waals surface area (Å²) in [5.41, 5.74) is -0.811. The molecule has 3 saturated carbocycles. The minimum atomic E-state index is -3.66. The van der Waals surface area contributed by atoms with Gasteiger partial charge in [0.05, 0.1) is 22.5 Å². The molecule has 4 aliphatic rings. The molecule has 1 aromatic rings. The molecule has 0 bridgehead atoms. The molecule has 0 aromatic heterocycles. The molecule has 30 heavy (non-hydrogen) atoms. The van der Waals surface area contributed by atoms with Crippen LogP contribution in [0.1, 0.15) is 44.6 Å². The van der Waals surface area contributed by atoms with Crippen LogP contribution in [0, 0.1) is 36.0 Å². The van der Waals surface area contributed by atoms with Crippen LogP contribution in [0.4, 0.5) is 0 Å². The summed E-state index contributed by atoms with van der Waals surface area (Å²) in [7, 11) is -3.66. The molecule has 7 heteroatoms. The molecule has 164 valence electrons. The van der Waals surface area contributed by atoms with Gasteiger partial charge >= 0.3 is 0 Å². The average molecular weight is 434 g/mol. The normalized spacial score (nSPS) is 43.9. The van der Waals surface area contributed by atoms with Gasteiger partial charge in [0.15, 0.2) is 0 Å². The quantitative estimate of drug-likeness (QED) is 0.745. The number of aryl methyl sites for hydroxylation is 1. The van der Waals surface area contributed by atoms with Crippen molar-refractivity contribution in [1.29, 1.82) is 0 Å². The molecule has 0 radical (unpaired) electrons. The van der Waals surface area contributed by atoms with Crippen LogP contribution in [0.5, 0.6) is 0 Å². The maximum absolute atomic E-state index is 13.2. The van der Waals surface area contributed by atoms with Gasteiger partial charge in [0, 0.05) is 30.8 Å². The van der Waals surface area contributed by atoms with E-state index in [9.17, 15) is 23.4 Å². The van der Waals surface area contributed by atoms with E-state index in [2.05, 4.69) is 6.92 Å². The van der Waals surface area contributed by atoms with E-state index in [-0.39, 0.29) is 42.0 Å². The zero-order valence-corrected chi connectivity index (χ0v) is 18.4. The van der Waals surface area contributed by atoms with Gasteiger partial charge in [0.1, 0.15) is 5.78 Å². The number of benzene rings is 1. The van der Waals surface area contributed by atoms with Gasteiger partial charge in [0.2, 0.25) is 10.0 Å². The predicted molar refractivity (Wildman–Crippen MR) is 111 cm³/mol. The zero-order chi connectivity index (χ0) is 21.5. The Kier molecular flexibility index (Phi) is 4.54. The fraction of sp³-hybridized carbons (Fsp3) is 0.696. The number of rotatable bonds is 2. The number of hydrogen-bond acceptors (Lipinski definition) is 5. The summed E-state index contributed by atoms with van der Waals surface area (Å²) >= 11 is 0. The van der Waals surface area contributed by atoms with Crippen molar-refractivity contribution in [3.8, 4) is 0 Å². The number of fused-ring (bicyclic) bond motifs is 2. The van der Waals surface area contributed by atoms with E-state index in [4.69, 9.17) is 0 Å². The summed E-state index contributed by atoms with van der Waals surface area (Å²) in [5, 5.41) is 22.8. The van der Waals surface area contributed by atoms with Crippen molar-refractivity contribution in [3.05, 3.63) is 29.8 Å². The first kappa shape index (κ1) is 20.6. The second-order valence-corrected chi connectivity index (χ2v) is 12.3. The molecule has 1 saturated heterocycles. The SMILES string of the molecule is Cc1ccc(S(=O)(=O)N2CC[C@@]3(O)[C@@H](C2)C[C@]24[C@H](CC(=O)[C@H]32)C[C@@H](C)C[C@H]4O)cc1. The first-order valence-electron chi connectivity index (χ1n) is 11.1. The topological polar surface area (TPSA) is 94.9 Å². The van der Waals surface area contributed by atoms with Crippen molar-refractivity contribution >= 4 is 15.8 Å². The number of nitrogens with zero attached hydrogens (tertiary/aromatic N) is 1. The Labute approximate surface area is 178 Å². The first-order valence-corrected chi connectivity index (χ1v) is 12.5. The van der Waals surface area contributed by atoms with Crippen LogP contribution in [0.25, 0.3) is 0 Å². The number of sulfonamides is 1. The molecular formula is C23H31NO5S. The third kappa shape index (κ3) is 2.65. The molecule has 1 heterocycles. The van der Waals surface area contributed by atoms with Gasteiger partial charge in [-0.1, -0.05) is 24.6 Å². The second kappa shape index (κ2) is 6.61. The summed E-state index contributed by atoms with van der Waals surface area (Å²) in [6.45, 7) is 4.42. The van der Waals surface area contributed by atoms with Gasteiger partial charge in [-0.25, -0.2) is 8.42 Å². The maximum Gasteiger partial charge on any atom is 0.243 e. The van der Waals surface area contributed by atoms with E-state index < -0.39 is 33.1 Å². The number of aliphatic hydroxyl groups excluding tert-OH is 1. The summed E-state index contributed by atoms with van der Waals surface area (Å²) in [5.74, 6) is -0.380. The highest BCUT2D eigenvalue weighted by Crippen LogP contribution is 2.68. The summed E-state index contributed by atoms with van der Waals surface area (Å²) in [6, 6.07) is 6.82. The van der Waals surface area contributed by atoms with Gasteiger partial charge in [-0.2, -0.15) is 4.31 Å². The lowest BCUT2D eigenvalue weighted by Crippen LogP contribution is -2.56. The molecule has 2 N–H and O–H groups in total. The summed E-state index contributed by atoms with van der Waals surface area (Å²) in [6.07, 6.45) is 2.14. The molecule has 1 aromatic carbocycles. The third-order valence-corrected chi connectivity index (χ3v) is 10.5. The van der Waals surface area contributed by atoms with E-state index in [1.165, 1.54) is 4.31 Å². The number of ketones is 1. The van der Waals surface area contributed by atoms with Gasteiger partial charge in [-0.15, -0.1) is 0 Å². The fourth-order valence-electron chi connectivity index (χ4n) is 7.33. The van der Waals surface area contributed by atoms with Crippen molar-refractivity contribution in [2.75, 3.05) is 13.1 Å². The van der Waals surface area contributed by atoms with Gasteiger partial charge in [-0.05, 0) is 56.6 Å². The van der Waals surface area contributed by atoms with Gasteiger partial charge in [0.25, 0.3) is 0 Å². The number of aliphatic hydroxyl groups is 2. The molecule has 1 aliphatic heterocycles. The lowest BCUT2D eigenvalue weighted by atomic mass is 9.60. The third-order valence-electron chi connectivity index (χ3n) is 8.65. The Morgan fingerprint density at radius 1 is 1.13 bits per heavy atom. The number of carbonyl (C=O) groups excluding carboxylic acids is 1. The van der Waals surface area contributed by atoms with Crippen molar-refractivity contribution in [1.82, 2.24) is 4.31 Å². The average Bonchev–Trinajstić information content (AvgIpc) is 3.12. The number of Topliss-reactive ketones (excluding diaryl/α,β-unsaturated/α-hetero) is 1. The Morgan fingerprint density at radius 2 is 1.83 bits per heavy atom. The molecule has 0 amide bonds. The van der Waals surface area contributed by atoms with Crippen molar-refractivity contribution in [3.63, 3.8) is 0 Å². The standard InChI is InChI=1S/C23H31NO5S/c1-14-3-5-18(6-4-14)30(28,29)24-8-7-23(27)17(13-24)12-22-16(11-19(25)21(22)23)9-15(2)10-20(22)26/h3-6,15-17,20-21,26-27H,7-13H2,1-2H3/t15-,16+,17-,20-,21+,22-,23-/m1/s1. The Bertz CT molecular complexity index is 976. The van der Waals surface area contributed by atoms with Gasteiger partial charge in [-0.3, -0.25) is 4.79 Å². The summed E-state index contributed by atoms with van der Waals surface area (Å²) in [4.78, 5) is 13.3. The van der Waals surface area contributed by atoms with Crippen LogP contribution in [0.15, 0.2) is 29.2 Å². The van der Waals surface area contributed by atoms with Crippen LogP contribution >= 0.6 is 0 Å². The lowest BCUT2D eigenvalue weighted by Gasteiger charge is -2.47. The minimum Gasteiger partial charge on any atom is -0.393 e. The fourth-order valence-corrected chi connectivity index (χ4v) is 8.82.